The lowest BCUT2D eigenvalue weighted by atomic mass is 10.2. The number of rotatable bonds is 7. The summed E-state index contributed by atoms with van der Waals surface area (Å²) in [5, 5.41) is 3.76. The first-order chi connectivity index (χ1) is 14.5. The number of nitrogens with one attached hydrogen (secondary N) is 1. The van der Waals surface area contributed by atoms with Crippen molar-refractivity contribution in [2.24, 2.45) is 5.10 Å². The molecule has 3 aromatic rings. The van der Waals surface area contributed by atoms with Gasteiger partial charge in [0.05, 0.1) is 26.6 Å². The third-order valence-electron chi connectivity index (χ3n) is 3.81. The highest BCUT2D eigenvalue weighted by molar-refractivity contribution is 6.28. The van der Waals surface area contributed by atoms with Crippen molar-refractivity contribution in [3.05, 3.63) is 70.9 Å². The molecule has 1 N–H and O–H groups in total. The Labute approximate surface area is 176 Å². The Balaban J connectivity index is 1.73. The van der Waals surface area contributed by atoms with E-state index in [2.05, 4.69) is 20.5 Å². The third kappa shape index (κ3) is 5.21. The number of hydrogen-bond donors (Lipinski definition) is 1. The molecule has 0 aliphatic rings. The van der Waals surface area contributed by atoms with Crippen LogP contribution in [0.4, 0.5) is 4.39 Å². The fourth-order valence-corrected chi connectivity index (χ4v) is 2.46. The van der Waals surface area contributed by atoms with Crippen LogP contribution in [0.2, 0.25) is 5.28 Å². The predicted octanol–water partition coefficient (Wildman–Crippen LogP) is 3.84. The molecule has 1 heterocycles. The summed E-state index contributed by atoms with van der Waals surface area (Å²) >= 11 is 5.69. The molecule has 1 amide bonds. The molecule has 154 valence electrons. The Morgan fingerprint density at radius 3 is 2.60 bits per heavy atom. The van der Waals surface area contributed by atoms with Gasteiger partial charge in [0.25, 0.3) is 11.8 Å². The maximum Gasteiger partial charge on any atom is 0.271 e. The van der Waals surface area contributed by atoms with Crippen molar-refractivity contribution in [2.75, 3.05) is 14.2 Å². The summed E-state index contributed by atoms with van der Waals surface area (Å²) < 4.78 is 29.6. The molecule has 30 heavy (non-hydrogen) atoms. The van der Waals surface area contributed by atoms with Crippen LogP contribution in [0.15, 0.2) is 53.8 Å². The smallest absolute Gasteiger partial charge is 0.271 e. The van der Waals surface area contributed by atoms with Gasteiger partial charge >= 0.3 is 0 Å². The molecule has 0 saturated heterocycles. The average Bonchev–Trinajstić information content (AvgIpc) is 2.76. The Kier molecular flexibility index (Phi) is 6.76. The lowest BCUT2D eigenvalue weighted by Crippen LogP contribution is -2.17. The Hall–Kier alpha value is -3.72. The lowest BCUT2D eigenvalue weighted by molar-refractivity contribution is 0.0955. The van der Waals surface area contributed by atoms with Gasteiger partial charge in [-0.25, -0.2) is 10.4 Å². The van der Waals surface area contributed by atoms with E-state index in [1.165, 1.54) is 19.4 Å². The van der Waals surface area contributed by atoms with E-state index in [1.54, 1.807) is 43.5 Å². The van der Waals surface area contributed by atoms with E-state index in [0.717, 1.165) is 6.20 Å². The van der Waals surface area contributed by atoms with Gasteiger partial charge in [-0.3, -0.25) is 4.79 Å². The summed E-state index contributed by atoms with van der Waals surface area (Å²) in [5.41, 5.74) is 3.39. The highest BCUT2D eigenvalue weighted by Crippen LogP contribution is 2.32. The highest BCUT2D eigenvalue weighted by atomic mass is 35.5. The monoisotopic (exact) mass is 430 g/mol. The summed E-state index contributed by atoms with van der Waals surface area (Å²) in [5.74, 6) is -0.374. The highest BCUT2D eigenvalue weighted by Gasteiger charge is 2.13. The van der Waals surface area contributed by atoms with Crippen LogP contribution in [-0.4, -0.2) is 36.3 Å². The van der Waals surface area contributed by atoms with Gasteiger partial charge in [0.15, 0.2) is 11.5 Å². The number of methoxy groups -OCH3 is 2. The van der Waals surface area contributed by atoms with Gasteiger partial charge in [0.2, 0.25) is 11.1 Å². The van der Waals surface area contributed by atoms with Crippen molar-refractivity contribution >= 4 is 23.7 Å². The molecular weight excluding hydrogens is 415 g/mol. The molecule has 1 aromatic heterocycles. The minimum atomic E-state index is -0.785. The minimum Gasteiger partial charge on any atom is -0.497 e. The number of hydrogen-bond acceptors (Lipinski definition) is 7. The Morgan fingerprint density at radius 2 is 1.90 bits per heavy atom. The molecule has 0 saturated carbocycles. The van der Waals surface area contributed by atoms with Crippen molar-refractivity contribution < 1.29 is 23.4 Å². The second-order valence-corrected chi connectivity index (χ2v) is 6.07. The van der Waals surface area contributed by atoms with Crippen LogP contribution in [0.1, 0.15) is 15.9 Å². The van der Waals surface area contributed by atoms with Crippen LogP contribution in [-0.2, 0) is 0 Å². The fourth-order valence-electron chi connectivity index (χ4n) is 2.33. The first kappa shape index (κ1) is 21.0. The molecule has 3 rings (SSSR count). The van der Waals surface area contributed by atoms with Crippen molar-refractivity contribution in [3.8, 4) is 23.1 Å². The lowest BCUT2D eigenvalue weighted by Gasteiger charge is -2.10. The summed E-state index contributed by atoms with van der Waals surface area (Å²) in [6.45, 7) is 0. The summed E-state index contributed by atoms with van der Waals surface area (Å²) in [6, 6.07) is 11.4. The molecule has 8 nitrogen and oxygen atoms in total. The molecule has 0 bridgehead atoms. The van der Waals surface area contributed by atoms with Gasteiger partial charge in [-0.1, -0.05) is 0 Å². The summed E-state index contributed by atoms with van der Waals surface area (Å²) in [4.78, 5) is 19.4. The number of amides is 1. The van der Waals surface area contributed by atoms with Crippen LogP contribution in [0.5, 0.6) is 23.1 Å². The zero-order chi connectivity index (χ0) is 21.5. The molecule has 0 unspecified atom stereocenters. The van der Waals surface area contributed by atoms with Crippen molar-refractivity contribution in [1.82, 2.24) is 15.4 Å². The van der Waals surface area contributed by atoms with E-state index in [0.29, 0.717) is 22.6 Å². The van der Waals surface area contributed by atoms with E-state index in [-0.39, 0.29) is 16.9 Å². The first-order valence-corrected chi connectivity index (χ1v) is 8.89. The zero-order valence-electron chi connectivity index (χ0n) is 15.9. The van der Waals surface area contributed by atoms with E-state index in [9.17, 15) is 9.18 Å². The molecule has 2 aromatic carbocycles. The van der Waals surface area contributed by atoms with Crippen LogP contribution in [0.3, 0.4) is 0 Å². The predicted molar refractivity (Wildman–Crippen MR) is 108 cm³/mol. The first-order valence-electron chi connectivity index (χ1n) is 8.51. The summed E-state index contributed by atoms with van der Waals surface area (Å²) in [6.07, 6.45) is 2.30. The van der Waals surface area contributed by atoms with Crippen molar-refractivity contribution in [3.63, 3.8) is 0 Å². The Bertz CT molecular complexity index is 1080. The third-order valence-corrected chi connectivity index (χ3v) is 3.99. The number of carbonyl (C=O) groups excluding carboxylic acids is 1. The van der Waals surface area contributed by atoms with Gasteiger partial charge in [-0.2, -0.15) is 14.5 Å². The number of aromatic nitrogens is 2. The molecule has 0 atom stereocenters. The second-order valence-electron chi connectivity index (χ2n) is 5.73. The van der Waals surface area contributed by atoms with Crippen LogP contribution in [0.25, 0.3) is 0 Å². The molecule has 0 aliphatic heterocycles. The number of hydrazone groups is 1. The Morgan fingerprint density at radius 1 is 1.13 bits per heavy atom. The summed E-state index contributed by atoms with van der Waals surface area (Å²) in [7, 11) is 2.98. The average molecular weight is 431 g/mol. The van der Waals surface area contributed by atoms with Crippen LogP contribution in [0, 0.1) is 5.82 Å². The van der Waals surface area contributed by atoms with Gasteiger partial charge < -0.3 is 14.2 Å². The SMILES string of the molecule is COc1ccc(C(=O)N/N=C\c2ccc(OC)c(Oc3nc(Cl)ncc3F)c2)cc1. The maximum atomic E-state index is 13.9. The quantitative estimate of drug-likeness (QED) is 0.347. The van der Waals surface area contributed by atoms with Crippen LogP contribution >= 0.6 is 11.6 Å². The van der Waals surface area contributed by atoms with E-state index in [4.69, 9.17) is 25.8 Å². The van der Waals surface area contributed by atoms with E-state index >= 15 is 0 Å². The number of ether oxygens (including phenoxy) is 3. The normalized spacial score (nSPS) is 10.7. The molecular formula is C20H16ClFN4O4. The molecule has 0 aliphatic carbocycles. The number of halogens is 2. The van der Waals surface area contributed by atoms with E-state index < -0.39 is 11.7 Å². The van der Waals surface area contributed by atoms with Crippen molar-refractivity contribution in [2.45, 2.75) is 0 Å². The maximum absolute atomic E-state index is 13.9. The van der Waals surface area contributed by atoms with Crippen molar-refractivity contribution in [1.29, 1.82) is 0 Å². The second kappa shape index (κ2) is 9.66. The van der Waals surface area contributed by atoms with Gasteiger partial charge in [0, 0.05) is 5.56 Å². The largest absolute Gasteiger partial charge is 0.497 e. The number of benzene rings is 2. The van der Waals surface area contributed by atoms with Crippen LogP contribution < -0.4 is 19.6 Å². The molecule has 0 radical (unpaired) electrons. The zero-order valence-corrected chi connectivity index (χ0v) is 16.7. The molecule has 10 heteroatoms. The fraction of sp³-hybridized carbons (Fsp3) is 0.100. The standard InChI is InChI=1S/C20H16ClFN4O4/c1-28-14-6-4-13(5-7-14)18(27)26-24-10-12-3-8-16(29-2)17(9-12)30-19-15(22)11-23-20(21)25-19/h3-11H,1-2H3,(H,26,27)/b24-10-. The minimum absolute atomic E-state index is 0.163. The van der Waals surface area contributed by atoms with Gasteiger partial charge in [-0.05, 0) is 59.6 Å². The number of carbonyl (C=O) groups is 1. The topological polar surface area (TPSA) is 94.9 Å². The van der Waals surface area contributed by atoms with E-state index in [1.807, 2.05) is 0 Å². The molecule has 0 spiro atoms. The van der Waals surface area contributed by atoms with Gasteiger partial charge in [0.1, 0.15) is 5.75 Å². The molecule has 0 fully saturated rings. The van der Waals surface area contributed by atoms with Gasteiger partial charge in [-0.15, -0.1) is 0 Å². The number of nitrogens with zero attached hydrogens (tertiary/aromatic N) is 3.